The summed E-state index contributed by atoms with van der Waals surface area (Å²) in [6.45, 7) is 0. The van der Waals surface area contributed by atoms with Crippen molar-refractivity contribution in [3.05, 3.63) is 78.1 Å². The van der Waals surface area contributed by atoms with Crippen LogP contribution in [0.5, 0.6) is 11.5 Å². The molecule has 0 fully saturated rings. The number of thioether (sulfide) groups is 1. The predicted octanol–water partition coefficient (Wildman–Crippen LogP) is 5.74. The molecule has 140 valence electrons. The van der Waals surface area contributed by atoms with E-state index in [4.69, 9.17) is 16.3 Å². The van der Waals surface area contributed by atoms with Gasteiger partial charge in [0.05, 0.1) is 17.0 Å². The van der Waals surface area contributed by atoms with E-state index in [2.05, 4.69) is 15.3 Å². The third-order valence-corrected chi connectivity index (χ3v) is 5.10. The standard InChI is InChI=1S/C21H16ClN3O2S/c22-15-3-8-19-14(10-15)11-21(25-19)28-13-20(26)24-16-4-6-17(7-5-16)27-18-2-1-9-23-12-18/h1-12,25H,13H2,(H,24,26). The molecule has 2 aromatic carbocycles. The largest absolute Gasteiger partial charge is 0.456 e. The summed E-state index contributed by atoms with van der Waals surface area (Å²) in [5, 5.41) is 5.53. The molecule has 0 aliphatic rings. The van der Waals surface area contributed by atoms with Crippen molar-refractivity contribution in [2.45, 2.75) is 5.03 Å². The fourth-order valence-electron chi connectivity index (χ4n) is 2.64. The van der Waals surface area contributed by atoms with Crippen molar-refractivity contribution >= 4 is 45.9 Å². The number of carbonyl (C=O) groups is 1. The van der Waals surface area contributed by atoms with E-state index in [0.717, 1.165) is 15.9 Å². The zero-order valence-corrected chi connectivity index (χ0v) is 16.3. The van der Waals surface area contributed by atoms with Gasteiger partial charge in [-0.2, -0.15) is 0 Å². The Morgan fingerprint density at radius 2 is 1.96 bits per heavy atom. The minimum Gasteiger partial charge on any atom is -0.456 e. The summed E-state index contributed by atoms with van der Waals surface area (Å²) in [5.74, 6) is 1.56. The Kier molecular flexibility index (Phi) is 5.50. The maximum absolute atomic E-state index is 12.2. The Bertz CT molecular complexity index is 1100. The second-order valence-electron chi connectivity index (χ2n) is 6.02. The Morgan fingerprint density at radius 3 is 2.75 bits per heavy atom. The number of H-pyrrole nitrogens is 1. The average Bonchev–Trinajstić information content (AvgIpc) is 3.11. The number of hydrogen-bond acceptors (Lipinski definition) is 4. The number of amides is 1. The van der Waals surface area contributed by atoms with E-state index in [9.17, 15) is 4.79 Å². The molecule has 0 unspecified atom stereocenters. The number of rotatable bonds is 6. The van der Waals surface area contributed by atoms with E-state index >= 15 is 0 Å². The first kappa shape index (κ1) is 18.4. The molecule has 0 atom stereocenters. The second-order valence-corrected chi connectivity index (χ2v) is 7.47. The first-order chi connectivity index (χ1) is 13.7. The summed E-state index contributed by atoms with van der Waals surface area (Å²) in [5.41, 5.74) is 1.71. The summed E-state index contributed by atoms with van der Waals surface area (Å²) >= 11 is 7.45. The molecule has 28 heavy (non-hydrogen) atoms. The maximum Gasteiger partial charge on any atom is 0.234 e. The molecular formula is C21H16ClN3O2S. The normalized spacial score (nSPS) is 10.8. The molecule has 0 radical (unpaired) electrons. The molecule has 0 saturated heterocycles. The highest BCUT2D eigenvalue weighted by Crippen LogP contribution is 2.26. The maximum atomic E-state index is 12.2. The Balaban J connectivity index is 1.31. The molecule has 0 aliphatic heterocycles. The monoisotopic (exact) mass is 409 g/mol. The van der Waals surface area contributed by atoms with Crippen molar-refractivity contribution in [1.82, 2.24) is 9.97 Å². The van der Waals surface area contributed by atoms with Crippen LogP contribution in [0.4, 0.5) is 5.69 Å². The SMILES string of the molecule is O=C(CSc1cc2cc(Cl)ccc2[nH]1)Nc1ccc(Oc2cccnc2)cc1. The van der Waals surface area contributed by atoms with Gasteiger partial charge in [0, 0.05) is 27.8 Å². The van der Waals surface area contributed by atoms with Gasteiger partial charge in [-0.3, -0.25) is 9.78 Å². The summed E-state index contributed by atoms with van der Waals surface area (Å²) in [6, 6.07) is 18.5. The number of nitrogens with one attached hydrogen (secondary N) is 2. The summed E-state index contributed by atoms with van der Waals surface area (Å²) < 4.78 is 5.69. The van der Waals surface area contributed by atoms with Gasteiger partial charge in [0.1, 0.15) is 11.5 Å². The average molecular weight is 410 g/mol. The molecular weight excluding hydrogens is 394 g/mol. The van der Waals surface area contributed by atoms with E-state index in [1.165, 1.54) is 11.8 Å². The van der Waals surface area contributed by atoms with Gasteiger partial charge in [0.2, 0.25) is 5.91 Å². The molecule has 0 aliphatic carbocycles. The van der Waals surface area contributed by atoms with Crippen LogP contribution >= 0.6 is 23.4 Å². The summed E-state index contributed by atoms with van der Waals surface area (Å²) in [6.07, 6.45) is 3.33. The van der Waals surface area contributed by atoms with Gasteiger partial charge in [0.25, 0.3) is 0 Å². The zero-order chi connectivity index (χ0) is 19.3. The van der Waals surface area contributed by atoms with Gasteiger partial charge >= 0.3 is 0 Å². The van der Waals surface area contributed by atoms with Gasteiger partial charge in [-0.1, -0.05) is 23.4 Å². The van der Waals surface area contributed by atoms with Crippen molar-refractivity contribution in [1.29, 1.82) is 0 Å². The number of benzene rings is 2. The Hall–Kier alpha value is -2.96. The molecule has 0 bridgehead atoms. The molecule has 0 spiro atoms. The van der Waals surface area contributed by atoms with Crippen LogP contribution in [0.25, 0.3) is 10.9 Å². The third-order valence-electron chi connectivity index (χ3n) is 3.93. The molecule has 0 saturated carbocycles. The van der Waals surface area contributed by atoms with Crippen LogP contribution in [0.3, 0.4) is 0 Å². The number of fused-ring (bicyclic) bond motifs is 1. The van der Waals surface area contributed by atoms with Gasteiger partial charge in [-0.15, -0.1) is 0 Å². The first-order valence-corrected chi connectivity index (χ1v) is 9.91. The lowest BCUT2D eigenvalue weighted by Crippen LogP contribution is -2.13. The molecule has 5 nitrogen and oxygen atoms in total. The molecule has 2 N–H and O–H groups in total. The van der Waals surface area contributed by atoms with Crippen molar-refractivity contribution in [2.75, 3.05) is 11.1 Å². The lowest BCUT2D eigenvalue weighted by atomic mass is 10.2. The summed E-state index contributed by atoms with van der Waals surface area (Å²) in [7, 11) is 0. The number of pyridine rings is 1. The second kappa shape index (κ2) is 8.37. The van der Waals surface area contributed by atoms with Crippen LogP contribution in [-0.4, -0.2) is 21.6 Å². The minimum absolute atomic E-state index is 0.0809. The Morgan fingerprint density at radius 1 is 1.11 bits per heavy atom. The molecule has 1 amide bonds. The predicted molar refractivity (Wildman–Crippen MR) is 113 cm³/mol. The smallest absolute Gasteiger partial charge is 0.234 e. The minimum atomic E-state index is -0.0809. The van der Waals surface area contributed by atoms with Crippen molar-refractivity contribution in [3.63, 3.8) is 0 Å². The number of anilines is 1. The van der Waals surface area contributed by atoms with Crippen LogP contribution < -0.4 is 10.1 Å². The first-order valence-electron chi connectivity index (χ1n) is 8.54. The van der Waals surface area contributed by atoms with Gasteiger partial charge < -0.3 is 15.0 Å². The number of aromatic nitrogens is 2. The Labute approximate surface area is 171 Å². The number of hydrogen-bond donors (Lipinski definition) is 2. The van der Waals surface area contributed by atoms with Gasteiger partial charge in [-0.25, -0.2) is 0 Å². The van der Waals surface area contributed by atoms with E-state index < -0.39 is 0 Å². The highest BCUT2D eigenvalue weighted by molar-refractivity contribution is 7.99. The molecule has 2 aromatic heterocycles. The number of aromatic amines is 1. The number of carbonyl (C=O) groups excluding carboxylic acids is 1. The van der Waals surface area contributed by atoms with E-state index in [1.54, 1.807) is 36.7 Å². The van der Waals surface area contributed by atoms with Crippen molar-refractivity contribution in [2.24, 2.45) is 0 Å². The van der Waals surface area contributed by atoms with Crippen LogP contribution in [0.1, 0.15) is 0 Å². The van der Waals surface area contributed by atoms with Crippen molar-refractivity contribution in [3.8, 4) is 11.5 Å². The zero-order valence-electron chi connectivity index (χ0n) is 14.7. The topological polar surface area (TPSA) is 67.0 Å². The van der Waals surface area contributed by atoms with Crippen LogP contribution in [0.2, 0.25) is 5.02 Å². The van der Waals surface area contributed by atoms with E-state index in [1.807, 2.05) is 36.4 Å². The molecule has 4 aromatic rings. The fraction of sp³-hybridized carbons (Fsp3) is 0.0476. The van der Waals surface area contributed by atoms with Crippen molar-refractivity contribution < 1.29 is 9.53 Å². The van der Waals surface area contributed by atoms with Crippen LogP contribution in [0, 0.1) is 0 Å². The molecule has 4 rings (SSSR count). The fourth-order valence-corrected chi connectivity index (χ4v) is 3.58. The molecule has 7 heteroatoms. The lowest BCUT2D eigenvalue weighted by molar-refractivity contribution is -0.113. The van der Waals surface area contributed by atoms with Gasteiger partial charge in [-0.05, 0) is 60.7 Å². The van der Waals surface area contributed by atoms with Gasteiger partial charge in [0.15, 0.2) is 0 Å². The number of nitrogens with zero attached hydrogens (tertiary/aromatic N) is 1. The van der Waals surface area contributed by atoms with E-state index in [-0.39, 0.29) is 5.91 Å². The van der Waals surface area contributed by atoms with Crippen LogP contribution in [-0.2, 0) is 4.79 Å². The molecule has 2 heterocycles. The highest BCUT2D eigenvalue weighted by atomic mass is 35.5. The third kappa shape index (κ3) is 4.65. The van der Waals surface area contributed by atoms with Crippen LogP contribution in [0.15, 0.2) is 78.1 Å². The quantitative estimate of drug-likeness (QED) is 0.398. The van der Waals surface area contributed by atoms with E-state index in [0.29, 0.717) is 28.0 Å². The number of ether oxygens (including phenoxy) is 1. The number of halogens is 1. The lowest BCUT2D eigenvalue weighted by Gasteiger charge is -2.07. The highest BCUT2D eigenvalue weighted by Gasteiger charge is 2.07. The summed E-state index contributed by atoms with van der Waals surface area (Å²) in [4.78, 5) is 19.5.